The highest BCUT2D eigenvalue weighted by molar-refractivity contribution is 6.03. The van der Waals surface area contributed by atoms with Crippen molar-refractivity contribution in [1.29, 1.82) is 0 Å². The van der Waals surface area contributed by atoms with E-state index in [0.717, 1.165) is 28.2 Å². The maximum absolute atomic E-state index is 12.4. The number of anilines is 3. The molecule has 0 heterocycles. The highest BCUT2D eigenvalue weighted by Crippen LogP contribution is 2.40. The molecule has 2 atom stereocenters. The number of benzene rings is 2. The van der Waals surface area contributed by atoms with Gasteiger partial charge in [0.15, 0.2) is 0 Å². The Hall–Kier alpha value is -2.82. The minimum absolute atomic E-state index is 0.0833. The van der Waals surface area contributed by atoms with Gasteiger partial charge >= 0.3 is 0 Å². The molecule has 1 fully saturated rings. The summed E-state index contributed by atoms with van der Waals surface area (Å²) >= 11 is 0. The van der Waals surface area contributed by atoms with E-state index in [1.807, 2.05) is 75.3 Å². The van der Waals surface area contributed by atoms with Gasteiger partial charge < -0.3 is 15.5 Å². The largest absolute Gasteiger partial charge is 0.378 e. The number of hydrogen-bond acceptors (Lipinski definition) is 3. The van der Waals surface area contributed by atoms with Gasteiger partial charge in [-0.3, -0.25) is 9.59 Å². The average Bonchev–Trinajstić information content (AvgIpc) is 3.39. The fourth-order valence-corrected chi connectivity index (χ4v) is 3.03. The van der Waals surface area contributed by atoms with Crippen molar-refractivity contribution >= 4 is 28.9 Å². The maximum atomic E-state index is 12.4. The molecule has 1 saturated carbocycles. The van der Waals surface area contributed by atoms with Crippen LogP contribution in [0.15, 0.2) is 42.5 Å². The van der Waals surface area contributed by atoms with Gasteiger partial charge in [-0.05, 0) is 56.2 Å². The van der Waals surface area contributed by atoms with Crippen molar-refractivity contribution < 1.29 is 9.59 Å². The lowest BCUT2D eigenvalue weighted by atomic mass is 10.1. The minimum Gasteiger partial charge on any atom is -0.378 e. The summed E-state index contributed by atoms with van der Waals surface area (Å²) in [6, 6.07) is 13.6. The Morgan fingerprint density at radius 1 is 0.923 bits per heavy atom. The van der Waals surface area contributed by atoms with Crippen LogP contribution >= 0.6 is 0 Å². The van der Waals surface area contributed by atoms with E-state index in [2.05, 4.69) is 10.6 Å². The molecule has 0 bridgehead atoms. The number of amides is 2. The molecular formula is C21H25N3O2. The van der Waals surface area contributed by atoms with Crippen LogP contribution < -0.4 is 15.5 Å². The first kappa shape index (κ1) is 18.0. The van der Waals surface area contributed by atoms with Gasteiger partial charge in [0.25, 0.3) is 0 Å². The molecule has 5 nitrogen and oxygen atoms in total. The molecule has 2 aromatic rings. The number of carbonyl (C=O) groups is 2. The van der Waals surface area contributed by atoms with Crippen molar-refractivity contribution in [3.63, 3.8) is 0 Å². The number of aryl methyl sites for hydroxylation is 2. The van der Waals surface area contributed by atoms with Crippen molar-refractivity contribution in [2.75, 3.05) is 29.6 Å². The minimum atomic E-state index is -0.255. The molecule has 0 radical (unpaired) electrons. The van der Waals surface area contributed by atoms with E-state index in [1.54, 1.807) is 0 Å². The molecule has 2 amide bonds. The third kappa shape index (κ3) is 4.04. The quantitative estimate of drug-likeness (QED) is 0.865. The predicted molar refractivity (Wildman–Crippen MR) is 106 cm³/mol. The Bertz CT molecular complexity index is 828. The molecule has 0 aliphatic heterocycles. The smallest absolute Gasteiger partial charge is 0.228 e. The number of rotatable bonds is 5. The van der Waals surface area contributed by atoms with Crippen molar-refractivity contribution in [3.05, 3.63) is 53.6 Å². The lowest BCUT2D eigenvalue weighted by Gasteiger charge is -2.13. The van der Waals surface area contributed by atoms with E-state index < -0.39 is 0 Å². The zero-order valence-electron chi connectivity index (χ0n) is 15.7. The average molecular weight is 351 g/mol. The fourth-order valence-electron chi connectivity index (χ4n) is 3.03. The van der Waals surface area contributed by atoms with Gasteiger partial charge in [0.1, 0.15) is 0 Å². The maximum Gasteiger partial charge on any atom is 0.228 e. The van der Waals surface area contributed by atoms with Gasteiger partial charge in [-0.15, -0.1) is 0 Å². The first-order valence-electron chi connectivity index (χ1n) is 8.81. The number of nitrogens with one attached hydrogen (secondary N) is 2. The topological polar surface area (TPSA) is 61.4 Å². The van der Waals surface area contributed by atoms with E-state index in [9.17, 15) is 9.59 Å². The van der Waals surface area contributed by atoms with Gasteiger partial charge in [0.2, 0.25) is 11.8 Å². The standard InChI is InChI=1S/C21H25N3O2/c1-13-5-10-19(14(2)11-13)23-21(26)18-12-17(18)20(25)22-15-6-8-16(9-7-15)24(3)4/h5-11,17-18H,12H2,1-4H3,(H,22,25)(H,23,26). The zero-order chi connectivity index (χ0) is 18.8. The first-order chi connectivity index (χ1) is 12.3. The second kappa shape index (κ2) is 7.20. The van der Waals surface area contributed by atoms with Crippen LogP contribution in [0.25, 0.3) is 0 Å². The zero-order valence-corrected chi connectivity index (χ0v) is 15.7. The van der Waals surface area contributed by atoms with Crippen LogP contribution in [0.3, 0.4) is 0 Å². The SMILES string of the molecule is Cc1ccc(NC(=O)C2CC2C(=O)Nc2ccc(N(C)C)cc2)c(C)c1. The monoisotopic (exact) mass is 351 g/mol. The molecule has 2 unspecified atom stereocenters. The van der Waals surface area contributed by atoms with E-state index in [0.29, 0.717) is 6.42 Å². The van der Waals surface area contributed by atoms with E-state index in [4.69, 9.17) is 0 Å². The van der Waals surface area contributed by atoms with Crippen LogP contribution in [-0.2, 0) is 9.59 Å². The van der Waals surface area contributed by atoms with E-state index in [1.165, 1.54) is 0 Å². The lowest BCUT2D eigenvalue weighted by molar-refractivity contribution is -0.122. The van der Waals surface area contributed by atoms with Crippen molar-refractivity contribution in [2.24, 2.45) is 11.8 Å². The highest BCUT2D eigenvalue weighted by atomic mass is 16.2. The highest BCUT2D eigenvalue weighted by Gasteiger charge is 2.48. The summed E-state index contributed by atoms with van der Waals surface area (Å²) in [5.41, 5.74) is 4.82. The molecule has 1 aliphatic rings. The van der Waals surface area contributed by atoms with Crippen LogP contribution in [0.5, 0.6) is 0 Å². The second-order valence-electron chi connectivity index (χ2n) is 7.19. The second-order valence-corrected chi connectivity index (χ2v) is 7.19. The molecule has 0 spiro atoms. The third-order valence-electron chi connectivity index (χ3n) is 4.75. The fraction of sp³-hybridized carbons (Fsp3) is 0.333. The van der Waals surface area contributed by atoms with E-state index >= 15 is 0 Å². The molecule has 26 heavy (non-hydrogen) atoms. The molecule has 5 heteroatoms. The molecule has 0 aromatic heterocycles. The Morgan fingerprint density at radius 2 is 1.54 bits per heavy atom. The van der Waals surface area contributed by atoms with Crippen molar-refractivity contribution in [2.45, 2.75) is 20.3 Å². The Morgan fingerprint density at radius 3 is 2.12 bits per heavy atom. The number of hydrogen-bond donors (Lipinski definition) is 2. The summed E-state index contributed by atoms with van der Waals surface area (Å²) in [5.74, 6) is -0.686. The van der Waals surface area contributed by atoms with Crippen LogP contribution in [-0.4, -0.2) is 25.9 Å². The molecule has 136 valence electrons. The number of carbonyl (C=O) groups excluding carboxylic acids is 2. The molecule has 2 aromatic carbocycles. The Labute approximate surface area is 154 Å². The summed E-state index contributed by atoms with van der Waals surface area (Å²) in [6.07, 6.45) is 0.596. The van der Waals surface area contributed by atoms with Gasteiger partial charge in [-0.2, -0.15) is 0 Å². The van der Waals surface area contributed by atoms with Crippen molar-refractivity contribution in [1.82, 2.24) is 0 Å². The third-order valence-corrected chi connectivity index (χ3v) is 4.75. The summed E-state index contributed by atoms with van der Waals surface area (Å²) in [4.78, 5) is 26.8. The summed E-state index contributed by atoms with van der Waals surface area (Å²) in [6.45, 7) is 3.99. The Kier molecular flexibility index (Phi) is 4.98. The van der Waals surface area contributed by atoms with Crippen LogP contribution in [0.4, 0.5) is 17.1 Å². The van der Waals surface area contributed by atoms with Gasteiger partial charge in [-0.25, -0.2) is 0 Å². The molecule has 1 aliphatic carbocycles. The van der Waals surface area contributed by atoms with Crippen molar-refractivity contribution in [3.8, 4) is 0 Å². The molecule has 2 N–H and O–H groups in total. The van der Waals surface area contributed by atoms with Gasteiger partial charge in [0.05, 0.1) is 11.8 Å². The van der Waals surface area contributed by atoms with Crippen LogP contribution in [0.2, 0.25) is 0 Å². The summed E-state index contributed by atoms with van der Waals surface area (Å²) in [5, 5.41) is 5.84. The first-order valence-corrected chi connectivity index (χ1v) is 8.81. The summed E-state index contributed by atoms with van der Waals surface area (Å²) < 4.78 is 0. The Balaban J connectivity index is 1.55. The predicted octanol–water partition coefficient (Wildman–Crippen LogP) is 3.58. The number of nitrogens with zero attached hydrogens (tertiary/aromatic N) is 1. The lowest BCUT2D eigenvalue weighted by Crippen LogP contribution is -2.21. The van der Waals surface area contributed by atoms with Gasteiger partial charge in [-0.1, -0.05) is 17.7 Å². The van der Waals surface area contributed by atoms with Crippen LogP contribution in [0.1, 0.15) is 17.5 Å². The molecular weight excluding hydrogens is 326 g/mol. The van der Waals surface area contributed by atoms with Crippen LogP contribution in [0, 0.1) is 25.7 Å². The van der Waals surface area contributed by atoms with E-state index in [-0.39, 0.29) is 23.7 Å². The molecule has 3 rings (SSSR count). The normalized spacial score (nSPS) is 18.2. The van der Waals surface area contributed by atoms with Gasteiger partial charge in [0, 0.05) is 31.2 Å². The molecule has 0 saturated heterocycles. The summed E-state index contributed by atoms with van der Waals surface area (Å²) in [7, 11) is 3.94.